The maximum Gasteiger partial charge on any atom is 0.183 e. The lowest BCUT2D eigenvalue weighted by Gasteiger charge is -2.14. The number of anilines is 1. The van der Waals surface area contributed by atoms with Crippen molar-refractivity contribution in [2.75, 3.05) is 11.9 Å². The predicted molar refractivity (Wildman–Crippen MR) is 54.3 cm³/mol. The van der Waals surface area contributed by atoms with E-state index in [-0.39, 0.29) is 0 Å². The van der Waals surface area contributed by atoms with Gasteiger partial charge in [-0.3, -0.25) is 0 Å². The summed E-state index contributed by atoms with van der Waals surface area (Å²) in [6.07, 6.45) is 3.29. The smallest absolute Gasteiger partial charge is 0.183 e. The highest BCUT2D eigenvalue weighted by Crippen LogP contribution is 2.22. The van der Waals surface area contributed by atoms with Crippen molar-refractivity contribution in [1.82, 2.24) is 4.98 Å². The second kappa shape index (κ2) is 3.64. The van der Waals surface area contributed by atoms with Crippen molar-refractivity contribution in [3.63, 3.8) is 0 Å². The lowest BCUT2D eigenvalue weighted by atomic mass is 10.2. The van der Waals surface area contributed by atoms with Gasteiger partial charge in [-0.05, 0) is 20.3 Å². The van der Waals surface area contributed by atoms with E-state index >= 15 is 0 Å². The second-order valence-corrected chi connectivity index (χ2v) is 4.63. The molecule has 1 aliphatic heterocycles. The van der Waals surface area contributed by atoms with Gasteiger partial charge in [-0.2, -0.15) is 0 Å². The first kappa shape index (κ1) is 8.97. The van der Waals surface area contributed by atoms with Gasteiger partial charge < -0.3 is 10.1 Å². The summed E-state index contributed by atoms with van der Waals surface area (Å²) in [4.78, 5) is 5.51. The van der Waals surface area contributed by atoms with Crippen LogP contribution in [0, 0.1) is 6.92 Å². The van der Waals surface area contributed by atoms with E-state index in [1.807, 2.05) is 6.20 Å². The Morgan fingerprint density at radius 1 is 1.69 bits per heavy atom. The van der Waals surface area contributed by atoms with Gasteiger partial charge in [0.05, 0.1) is 12.1 Å². The molecule has 1 saturated heterocycles. The van der Waals surface area contributed by atoms with Crippen LogP contribution in [0.4, 0.5) is 5.13 Å². The minimum atomic E-state index is 0.309. The summed E-state index contributed by atoms with van der Waals surface area (Å²) in [6, 6.07) is 0.436. The molecule has 0 bridgehead atoms. The average molecular weight is 198 g/mol. The van der Waals surface area contributed by atoms with Gasteiger partial charge in [0.15, 0.2) is 5.13 Å². The van der Waals surface area contributed by atoms with Crippen LogP contribution in [0.15, 0.2) is 6.20 Å². The summed E-state index contributed by atoms with van der Waals surface area (Å²) in [5.74, 6) is 0. The average Bonchev–Trinajstić information content (AvgIpc) is 2.64. The zero-order chi connectivity index (χ0) is 9.26. The molecule has 2 unspecified atom stereocenters. The molecule has 13 heavy (non-hydrogen) atoms. The van der Waals surface area contributed by atoms with Gasteiger partial charge in [-0.25, -0.2) is 4.98 Å². The summed E-state index contributed by atoms with van der Waals surface area (Å²) >= 11 is 1.70. The number of aryl methyl sites for hydroxylation is 1. The number of thiazole rings is 1. The zero-order valence-corrected chi connectivity index (χ0v) is 8.73. The first-order valence-corrected chi connectivity index (χ1v) is 5.38. The number of nitrogens with zero attached hydrogens (tertiary/aromatic N) is 1. The standard InChI is InChI=1S/C9H14N2OS/c1-6-5-10-9(13-6)11-8-3-4-12-7(8)2/h5,7-8H,3-4H2,1-2H3,(H,10,11). The molecule has 1 aliphatic rings. The molecular weight excluding hydrogens is 184 g/mol. The number of aromatic nitrogens is 1. The van der Waals surface area contributed by atoms with Gasteiger partial charge in [0, 0.05) is 17.7 Å². The molecular formula is C9H14N2OS. The van der Waals surface area contributed by atoms with E-state index < -0.39 is 0 Å². The largest absolute Gasteiger partial charge is 0.376 e. The van der Waals surface area contributed by atoms with Gasteiger partial charge in [-0.1, -0.05) is 0 Å². The van der Waals surface area contributed by atoms with Gasteiger partial charge in [-0.15, -0.1) is 11.3 Å². The molecule has 2 heterocycles. The quantitative estimate of drug-likeness (QED) is 0.789. The maximum atomic E-state index is 5.46. The summed E-state index contributed by atoms with van der Waals surface area (Å²) < 4.78 is 5.46. The minimum Gasteiger partial charge on any atom is -0.376 e. The number of hydrogen-bond acceptors (Lipinski definition) is 4. The van der Waals surface area contributed by atoms with Crippen molar-refractivity contribution < 1.29 is 4.74 Å². The fourth-order valence-electron chi connectivity index (χ4n) is 1.50. The molecule has 0 radical (unpaired) electrons. The lowest BCUT2D eigenvalue weighted by molar-refractivity contribution is 0.121. The molecule has 0 saturated carbocycles. The van der Waals surface area contributed by atoms with Crippen molar-refractivity contribution in [2.24, 2.45) is 0 Å². The summed E-state index contributed by atoms with van der Waals surface area (Å²) in [5.41, 5.74) is 0. The highest BCUT2D eigenvalue weighted by atomic mass is 32.1. The zero-order valence-electron chi connectivity index (χ0n) is 7.91. The van der Waals surface area contributed by atoms with Crippen molar-refractivity contribution in [3.8, 4) is 0 Å². The first-order valence-electron chi connectivity index (χ1n) is 4.56. The summed E-state index contributed by atoms with van der Waals surface area (Å²) in [6.45, 7) is 5.03. The molecule has 2 atom stereocenters. The van der Waals surface area contributed by atoms with Crippen LogP contribution in [0.25, 0.3) is 0 Å². The van der Waals surface area contributed by atoms with Gasteiger partial charge in [0.1, 0.15) is 0 Å². The molecule has 3 nitrogen and oxygen atoms in total. The van der Waals surface area contributed by atoms with Crippen molar-refractivity contribution >= 4 is 16.5 Å². The monoisotopic (exact) mass is 198 g/mol. The molecule has 0 aromatic carbocycles. The Morgan fingerprint density at radius 3 is 3.08 bits per heavy atom. The van der Waals surface area contributed by atoms with E-state index in [0.29, 0.717) is 12.1 Å². The third-order valence-electron chi connectivity index (χ3n) is 2.31. The molecule has 1 aromatic rings. The Hall–Kier alpha value is -0.610. The van der Waals surface area contributed by atoms with Crippen molar-refractivity contribution in [1.29, 1.82) is 0 Å². The van der Waals surface area contributed by atoms with Crippen LogP contribution in [0.3, 0.4) is 0 Å². The second-order valence-electron chi connectivity index (χ2n) is 3.39. The molecule has 2 rings (SSSR count). The molecule has 0 aliphatic carbocycles. The highest BCUT2D eigenvalue weighted by Gasteiger charge is 2.24. The first-order chi connectivity index (χ1) is 6.25. The van der Waals surface area contributed by atoms with Crippen LogP contribution >= 0.6 is 11.3 Å². The van der Waals surface area contributed by atoms with Crippen LogP contribution in [0.1, 0.15) is 18.2 Å². The fourth-order valence-corrected chi connectivity index (χ4v) is 2.23. The summed E-state index contributed by atoms with van der Waals surface area (Å²) in [5, 5.41) is 4.41. The fraction of sp³-hybridized carbons (Fsp3) is 0.667. The molecule has 0 spiro atoms. The summed E-state index contributed by atoms with van der Waals surface area (Å²) in [7, 11) is 0. The number of hydrogen-bond donors (Lipinski definition) is 1. The van der Waals surface area contributed by atoms with Gasteiger partial charge in [0.25, 0.3) is 0 Å². The van der Waals surface area contributed by atoms with E-state index in [1.54, 1.807) is 11.3 Å². The van der Waals surface area contributed by atoms with Crippen LogP contribution in [-0.4, -0.2) is 23.7 Å². The maximum absolute atomic E-state index is 5.46. The van der Waals surface area contributed by atoms with E-state index in [9.17, 15) is 0 Å². The third kappa shape index (κ3) is 2.00. The Balaban J connectivity index is 1.97. The normalized spacial score (nSPS) is 27.8. The molecule has 1 aromatic heterocycles. The molecule has 4 heteroatoms. The number of ether oxygens (including phenoxy) is 1. The number of rotatable bonds is 2. The predicted octanol–water partition coefficient (Wildman–Crippen LogP) is 2.04. The number of nitrogens with one attached hydrogen (secondary N) is 1. The highest BCUT2D eigenvalue weighted by molar-refractivity contribution is 7.15. The van der Waals surface area contributed by atoms with Gasteiger partial charge in [0.2, 0.25) is 0 Å². The topological polar surface area (TPSA) is 34.2 Å². The third-order valence-corrected chi connectivity index (χ3v) is 3.15. The molecule has 1 N–H and O–H groups in total. The van der Waals surface area contributed by atoms with Crippen LogP contribution in [0.2, 0.25) is 0 Å². The van der Waals surface area contributed by atoms with E-state index in [4.69, 9.17) is 4.74 Å². The molecule has 0 amide bonds. The lowest BCUT2D eigenvalue weighted by Crippen LogP contribution is -2.26. The minimum absolute atomic E-state index is 0.309. The van der Waals surface area contributed by atoms with E-state index in [0.717, 1.165) is 18.2 Å². The van der Waals surface area contributed by atoms with Crippen LogP contribution in [-0.2, 0) is 4.74 Å². The van der Waals surface area contributed by atoms with Crippen LogP contribution in [0.5, 0.6) is 0 Å². The van der Waals surface area contributed by atoms with Crippen molar-refractivity contribution in [2.45, 2.75) is 32.4 Å². The Labute approximate surface area is 82.1 Å². The molecule has 1 fully saturated rings. The van der Waals surface area contributed by atoms with Crippen LogP contribution < -0.4 is 5.32 Å². The SMILES string of the molecule is Cc1cnc(NC2CCOC2C)s1. The Morgan fingerprint density at radius 2 is 2.54 bits per heavy atom. The van der Waals surface area contributed by atoms with E-state index in [2.05, 4.69) is 24.1 Å². The molecule has 72 valence electrons. The Bertz CT molecular complexity index is 287. The Kier molecular flexibility index (Phi) is 2.51. The van der Waals surface area contributed by atoms with E-state index in [1.165, 1.54) is 4.88 Å². The van der Waals surface area contributed by atoms with Crippen molar-refractivity contribution in [3.05, 3.63) is 11.1 Å². The van der Waals surface area contributed by atoms with Gasteiger partial charge >= 0.3 is 0 Å².